The van der Waals surface area contributed by atoms with Gasteiger partial charge in [0.2, 0.25) is 10.0 Å². The molecule has 0 heterocycles. The minimum absolute atomic E-state index is 0. The van der Waals surface area contributed by atoms with Crippen molar-refractivity contribution in [2.24, 2.45) is 11.7 Å². The van der Waals surface area contributed by atoms with Gasteiger partial charge in [0.05, 0.1) is 4.90 Å². The van der Waals surface area contributed by atoms with Crippen molar-refractivity contribution in [1.29, 1.82) is 0 Å². The molecule has 4 N–H and O–H groups in total. The van der Waals surface area contributed by atoms with E-state index in [9.17, 15) is 13.2 Å². The third-order valence-electron chi connectivity index (χ3n) is 5.61. The number of hydrogen-bond acceptors (Lipinski definition) is 4. The highest BCUT2D eigenvalue weighted by Gasteiger charge is 2.27. The lowest BCUT2D eigenvalue weighted by atomic mass is 9.84. The van der Waals surface area contributed by atoms with Crippen LogP contribution in [0.5, 0.6) is 0 Å². The summed E-state index contributed by atoms with van der Waals surface area (Å²) < 4.78 is 27.9. The number of benzene rings is 1. The molecule has 152 valence electrons. The summed E-state index contributed by atoms with van der Waals surface area (Å²) >= 11 is 0. The van der Waals surface area contributed by atoms with E-state index in [1.807, 2.05) is 0 Å². The van der Waals surface area contributed by atoms with Crippen molar-refractivity contribution in [3.63, 3.8) is 0 Å². The van der Waals surface area contributed by atoms with Crippen molar-refractivity contribution in [3.05, 3.63) is 29.8 Å². The Kier molecular flexibility index (Phi) is 8.09. The molecule has 2 saturated carbocycles. The van der Waals surface area contributed by atoms with Crippen LogP contribution >= 0.6 is 12.4 Å². The molecule has 8 heteroatoms. The van der Waals surface area contributed by atoms with E-state index in [1.165, 1.54) is 12.1 Å². The fraction of sp³-hybridized carbons (Fsp3) is 0.632. The largest absolute Gasteiger partial charge is 0.349 e. The fourth-order valence-corrected chi connectivity index (χ4v) is 5.42. The van der Waals surface area contributed by atoms with Crippen molar-refractivity contribution >= 4 is 28.3 Å². The lowest BCUT2D eigenvalue weighted by Crippen LogP contribution is -2.44. The first-order valence-electron chi connectivity index (χ1n) is 9.63. The molecular formula is C19H30ClN3O3S. The summed E-state index contributed by atoms with van der Waals surface area (Å²) in [5.41, 5.74) is 6.20. The van der Waals surface area contributed by atoms with Gasteiger partial charge in [-0.05, 0) is 56.3 Å². The zero-order chi connectivity index (χ0) is 18.6. The molecule has 6 nitrogen and oxygen atoms in total. The van der Waals surface area contributed by atoms with Gasteiger partial charge in [-0.1, -0.05) is 31.7 Å². The van der Waals surface area contributed by atoms with Crippen LogP contribution in [0.4, 0.5) is 0 Å². The maximum absolute atomic E-state index is 12.6. The normalized spacial score (nSPS) is 23.6. The van der Waals surface area contributed by atoms with Gasteiger partial charge in [0.25, 0.3) is 5.91 Å². The van der Waals surface area contributed by atoms with Gasteiger partial charge in [-0.3, -0.25) is 4.79 Å². The first kappa shape index (κ1) is 22.1. The number of carbonyl (C=O) groups is 1. The minimum atomic E-state index is -3.60. The number of rotatable bonds is 6. The van der Waals surface area contributed by atoms with Crippen LogP contribution in [-0.4, -0.2) is 33.0 Å². The third-order valence-corrected chi connectivity index (χ3v) is 7.13. The number of sulfonamides is 1. The van der Waals surface area contributed by atoms with Crippen molar-refractivity contribution < 1.29 is 13.2 Å². The first-order valence-corrected chi connectivity index (χ1v) is 11.1. The van der Waals surface area contributed by atoms with E-state index >= 15 is 0 Å². The van der Waals surface area contributed by atoms with Crippen molar-refractivity contribution in [3.8, 4) is 0 Å². The van der Waals surface area contributed by atoms with Gasteiger partial charge in [-0.15, -0.1) is 12.4 Å². The maximum atomic E-state index is 12.6. The van der Waals surface area contributed by atoms with Gasteiger partial charge in [0.1, 0.15) is 0 Å². The van der Waals surface area contributed by atoms with Gasteiger partial charge < -0.3 is 11.1 Å². The summed E-state index contributed by atoms with van der Waals surface area (Å²) in [4.78, 5) is 12.8. The summed E-state index contributed by atoms with van der Waals surface area (Å²) in [6.07, 6.45) is 8.05. The number of halogens is 1. The van der Waals surface area contributed by atoms with Gasteiger partial charge in [-0.25, -0.2) is 13.1 Å². The second kappa shape index (κ2) is 9.87. The predicted molar refractivity (Wildman–Crippen MR) is 109 cm³/mol. The zero-order valence-corrected chi connectivity index (χ0v) is 17.2. The van der Waals surface area contributed by atoms with Crippen LogP contribution in [0.3, 0.4) is 0 Å². The summed E-state index contributed by atoms with van der Waals surface area (Å²) in [6.45, 7) is 0.560. The van der Waals surface area contributed by atoms with E-state index in [0.717, 1.165) is 51.4 Å². The number of carbonyl (C=O) groups excluding carboxylic acids is 1. The van der Waals surface area contributed by atoms with Crippen LogP contribution < -0.4 is 15.8 Å². The molecule has 1 aromatic rings. The van der Waals surface area contributed by atoms with E-state index in [1.54, 1.807) is 12.1 Å². The van der Waals surface area contributed by atoms with Gasteiger partial charge in [0, 0.05) is 17.6 Å². The quantitative estimate of drug-likeness (QED) is 0.664. The highest BCUT2D eigenvalue weighted by molar-refractivity contribution is 7.89. The topological polar surface area (TPSA) is 101 Å². The van der Waals surface area contributed by atoms with E-state index in [0.29, 0.717) is 18.0 Å². The van der Waals surface area contributed by atoms with Crippen molar-refractivity contribution in [2.75, 3.05) is 6.54 Å². The summed E-state index contributed by atoms with van der Waals surface area (Å²) in [5.74, 6) is 0.0666. The molecule has 2 aliphatic carbocycles. The van der Waals surface area contributed by atoms with Crippen LogP contribution in [0.25, 0.3) is 0 Å². The summed E-state index contributed by atoms with van der Waals surface area (Å²) in [5, 5.41) is 3.05. The molecule has 0 aromatic heterocycles. The Labute approximate surface area is 168 Å². The first-order chi connectivity index (χ1) is 12.5. The van der Waals surface area contributed by atoms with E-state index in [2.05, 4.69) is 10.0 Å². The van der Waals surface area contributed by atoms with Crippen LogP contribution in [0.1, 0.15) is 61.7 Å². The fourth-order valence-electron chi connectivity index (χ4n) is 4.07. The number of nitrogens with one attached hydrogen (secondary N) is 2. The molecule has 2 unspecified atom stereocenters. The molecular weight excluding hydrogens is 386 g/mol. The smallest absolute Gasteiger partial charge is 0.251 e. The minimum Gasteiger partial charge on any atom is -0.349 e. The Balaban J connectivity index is 0.00000261. The molecule has 2 aliphatic rings. The molecule has 2 fully saturated rings. The third kappa shape index (κ3) is 5.67. The highest BCUT2D eigenvalue weighted by Crippen LogP contribution is 2.24. The lowest BCUT2D eigenvalue weighted by Gasteiger charge is -2.31. The number of hydrogen-bond donors (Lipinski definition) is 3. The molecule has 3 rings (SSSR count). The van der Waals surface area contributed by atoms with Gasteiger partial charge >= 0.3 is 0 Å². The monoisotopic (exact) mass is 415 g/mol. The van der Waals surface area contributed by atoms with Crippen molar-refractivity contribution in [2.45, 2.75) is 68.3 Å². The Morgan fingerprint density at radius 3 is 2.44 bits per heavy atom. The Hall–Kier alpha value is -1.15. The van der Waals surface area contributed by atoms with Gasteiger partial charge in [-0.2, -0.15) is 0 Å². The molecule has 1 aromatic carbocycles. The second-order valence-electron chi connectivity index (χ2n) is 7.49. The Morgan fingerprint density at radius 2 is 1.74 bits per heavy atom. The standard InChI is InChI=1S/C19H29N3O3S.ClH/c20-13-15-6-1-4-11-18(15)21-19(23)14-7-5-10-17(12-14)26(24,25)22-16-8-2-3-9-16;/h5,7,10,12,15-16,18,22H,1-4,6,8-9,11,13,20H2,(H,21,23);1H. The number of nitrogens with two attached hydrogens (primary N) is 1. The lowest BCUT2D eigenvalue weighted by molar-refractivity contribution is 0.0908. The summed E-state index contributed by atoms with van der Waals surface area (Å²) in [6, 6.07) is 6.36. The molecule has 0 radical (unpaired) electrons. The molecule has 2 atom stereocenters. The van der Waals surface area contributed by atoms with E-state index in [-0.39, 0.29) is 35.3 Å². The molecule has 27 heavy (non-hydrogen) atoms. The molecule has 0 aliphatic heterocycles. The molecule has 0 saturated heterocycles. The highest BCUT2D eigenvalue weighted by atomic mass is 35.5. The Morgan fingerprint density at radius 1 is 1.07 bits per heavy atom. The molecule has 0 spiro atoms. The van der Waals surface area contributed by atoms with Crippen molar-refractivity contribution in [1.82, 2.24) is 10.0 Å². The predicted octanol–water partition coefficient (Wildman–Crippen LogP) is 2.58. The van der Waals surface area contributed by atoms with E-state index in [4.69, 9.17) is 5.73 Å². The second-order valence-corrected chi connectivity index (χ2v) is 9.20. The average molecular weight is 416 g/mol. The van der Waals surface area contributed by atoms with Gasteiger partial charge in [0.15, 0.2) is 0 Å². The summed E-state index contributed by atoms with van der Waals surface area (Å²) in [7, 11) is -3.60. The average Bonchev–Trinajstić information content (AvgIpc) is 3.14. The SMILES string of the molecule is Cl.NCC1CCCCC1NC(=O)c1cccc(S(=O)(=O)NC2CCCC2)c1. The molecule has 0 bridgehead atoms. The zero-order valence-electron chi connectivity index (χ0n) is 15.5. The van der Waals surface area contributed by atoms with Crippen LogP contribution in [0.2, 0.25) is 0 Å². The van der Waals surface area contributed by atoms with Crippen LogP contribution in [0.15, 0.2) is 29.2 Å². The Bertz CT molecular complexity index is 735. The number of amides is 1. The van der Waals surface area contributed by atoms with E-state index < -0.39 is 10.0 Å². The van der Waals surface area contributed by atoms with Crippen LogP contribution in [-0.2, 0) is 10.0 Å². The van der Waals surface area contributed by atoms with Crippen LogP contribution in [0, 0.1) is 5.92 Å². The maximum Gasteiger partial charge on any atom is 0.251 e. The molecule has 1 amide bonds.